The van der Waals surface area contributed by atoms with E-state index in [-0.39, 0.29) is 29.7 Å². The van der Waals surface area contributed by atoms with Crippen LogP contribution in [0.5, 0.6) is 0 Å². The molecule has 0 atom stereocenters. The highest BCUT2D eigenvalue weighted by Gasteiger charge is 2.19. The zero-order valence-corrected chi connectivity index (χ0v) is 16.4. The van der Waals surface area contributed by atoms with Crippen molar-refractivity contribution in [2.45, 2.75) is 45.1 Å². The van der Waals surface area contributed by atoms with Crippen molar-refractivity contribution in [2.75, 3.05) is 11.9 Å². The molecule has 0 spiro atoms. The van der Waals surface area contributed by atoms with Crippen LogP contribution < -0.4 is 10.6 Å². The number of nitrogens with zero attached hydrogens (tertiary/aromatic N) is 1. The number of esters is 1. The summed E-state index contributed by atoms with van der Waals surface area (Å²) in [6.07, 6.45) is 8.23. The van der Waals surface area contributed by atoms with Crippen LogP contribution in [0.15, 0.2) is 42.7 Å². The van der Waals surface area contributed by atoms with Gasteiger partial charge in [-0.25, -0.2) is 4.79 Å². The van der Waals surface area contributed by atoms with Crippen LogP contribution >= 0.6 is 0 Å². The Balaban J connectivity index is 1.71. The Hall–Kier alpha value is -3.22. The number of hydrogen-bond acceptors (Lipinski definition) is 5. The Morgan fingerprint density at radius 3 is 2.45 bits per heavy atom. The highest BCUT2D eigenvalue weighted by Crippen LogP contribution is 2.19. The van der Waals surface area contributed by atoms with Gasteiger partial charge >= 0.3 is 5.97 Å². The van der Waals surface area contributed by atoms with E-state index in [0.717, 1.165) is 25.7 Å². The summed E-state index contributed by atoms with van der Waals surface area (Å²) in [6, 6.07) is 8.29. The number of carbonyl (C=O) groups excluding carboxylic acids is 3. The lowest BCUT2D eigenvalue weighted by Gasteiger charge is -2.22. The van der Waals surface area contributed by atoms with E-state index in [1.54, 1.807) is 31.2 Å². The van der Waals surface area contributed by atoms with Crippen LogP contribution in [-0.4, -0.2) is 35.4 Å². The van der Waals surface area contributed by atoms with E-state index in [1.807, 2.05) is 0 Å². The number of amides is 2. The van der Waals surface area contributed by atoms with Gasteiger partial charge in [0.1, 0.15) is 0 Å². The molecule has 1 saturated carbocycles. The topological polar surface area (TPSA) is 97.4 Å². The van der Waals surface area contributed by atoms with E-state index >= 15 is 0 Å². The molecule has 1 fully saturated rings. The van der Waals surface area contributed by atoms with E-state index in [9.17, 15) is 14.4 Å². The molecular formula is C22H25N3O4. The molecule has 1 aliphatic carbocycles. The number of benzene rings is 1. The molecule has 7 nitrogen and oxygen atoms in total. The second-order valence-corrected chi connectivity index (χ2v) is 6.99. The van der Waals surface area contributed by atoms with E-state index in [4.69, 9.17) is 4.74 Å². The third-order valence-electron chi connectivity index (χ3n) is 4.87. The first kappa shape index (κ1) is 20.5. The summed E-state index contributed by atoms with van der Waals surface area (Å²) >= 11 is 0. The van der Waals surface area contributed by atoms with E-state index in [2.05, 4.69) is 15.6 Å². The van der Waals surface area contributed by atoms with Gasteiger partial charge in [0.25, 0.3) is 11.8 Å². The molecule has 1 aromatic carbocycles. The van der Waals surface area contributed by atoms with Crippen molar-refractivity contribution in [3.8, 4) is 0 Å². The molecule has 29 heavy (non-hydrogen) atoms. The van der Waals surface area contributed by atoms with E-state index < -0.39 is 11.9 Å². The SMILES string of the molecule is CCOC(=O)c1ccccc1NC(=O)c1cncc(C(=O)NC2CCCCC2)c1. The van der Waals surface area contributed by atoms with Crippen molar-refractivity contribution in [1.29, 1.82) is 0 Å². The summed E-state index contributed by atoms with van der Waals surface area (Å²) in [5.74, 6) is -1.20. The van der Waals surface area contributed by atoms with Gasteiger partial charge < -0.3 is 15.4 Å². The Kier molecular flexibility index (Phi) is 6.94. The molecule has 0 radical (unpaired) electrons. The molecule has 2 N–H and O–H groups in total. The molecule has 3 rings (SSSR count). The molecule has 0 unspecified atom stereocenters. The average Bonchev–Trinajstić information content (AvgIpc) is 2.75. The smallest absolute Gasteiger partial charge is 0.340 e. The molecule has 2 aromatic rings. The average molecular weight is 395 g/mol. The van der Waals surface area contributed by atoms with Crippen molar-refractivity contribution in [2.24, 2.45) is 0 Å². The number of aromatic nitrogens is 1. The zero-order chi connectivity index (χ0) is 20.6. The van der Waals surface area contributed by atoms with Crippen LogP contribution in [0.25, 0.3) is 0 Å². The summed E-state index contributed by atoms with van der Waals surface area (Å²) in [5.41, 5.74) is 1.18. The van der Waals surface area contributed by atoms with Gasteiger partial charge in [-0.05, 0) is 38.0 Å². The van der Waals surface area contributed by atoms with Crippen LogP contribution in [0, 0.1) is 0 Å². The number of anilines is 1. The fourth-order valence-electron chi connectivity index (χ4n) is 3.38. The van der Waals surface area contributed by atoms with Crippen molar-refractivity contribution in [3.05, 3.63) is 59.4 Å². The third-order valence-corrected chi connectivity index (χ3v) is 4.87. The number of pyridine rings is 1. The van der Waals surface area contributed by atoms with E-state index in [0.29, 0.717) is 11.3 Å². The summed E-state index contributed by atoms with van der Waals surface area (Å²) in [7, 11) is 0. The maximum absolute atomic E-state index is 12.7. The zero-order valence-electron chi connectivity index (χ0n) is 16.4. The van der Waals surface area contributed by atoms with Gasteiger partial charge in [-0.15, -0.1) is 0 Å². The Morgan fingerprint density at radius 1 is 1.03 bits per heavy atom. The molecule has 152 valence electrons. The number of hydrogen-bond donors (Lipinski definition) is 2. The van der Waals surface area contributed by atoms with Gasteiger partial charge in [0.2, 0.25) is 0 Å². The van der Waals surface area contributed by atoms with Gasteiger partial charge in [-0.2, -0.15) is 0 Å². The second kappa shape index (κ2) is 9.82. The molecule has 0 bridgehead atoms. The first-order valence-corrected chi connectivity index (χ1v) is 9.92. The molecule has 1 heterocycles. The maximum atomic E-state index is 12.7. The lowest BCUT2D eigenvalue weighted by Crippen LogP contribution is -2.36. The van der Waals surface area contributed by atoms with Crippen LogP contribution in [0.4, 0.5) is 5.69 Å². The number of ether oxygens (including phenoxy) is 1. The number of carbonyl (C=O) groups is 3. The third kappa shape index (κ3) is 5.40. The number of nitrogens with one attached hydrogen (secondary N) is 2. The molecule has 1 aliphatic rings. The Morgan fingerprint density at radius 2 is 1.72 bits per heavy atom. The molecule has 0 saturated heterocycles. The maximum Gasteiger partial charge on any atom is 0.340 e. The summed E-state index contributed by atoms with van der Waals surface area (Å²) in [6.45, 7) is 1.96. The van der Waals surface area contributed by atoms with Gasteiger partial charge in [-0.1, -0.05) is 31.4 Å². The predicted molar refractivity (Wildman–Crippen MR) is 109 cm³/mol. The lowest BCUT2D eigenvalue weighted by molar-refractivity contribution is 0.0527. The van der Waals surface area contributed by atoms with Gasteiger partial charge in [-0.3, -0.25) is 14.6 Å². The van der Waals surface area contributed by atoms with Crippen LogP contribution in [0.2, 0.25) is 0 Å². The predicted octanol–water partition coefficient (Wildman–Crippen LogP) is 3.57. The van der Waals surface area contributed by atoms with Gasteiger partial charge in [0.15, 0.2) is 0 Å². The molecule has 7 heteroatoms. The number of para-hydroxylation sites is 1. The highest BCUT2D eigenvalue weighted by molar-refractivity contribution is 6.08. The minimum atomic E-state index is -0.512. The fourth-order valence-corrected chi connectivity index (χ4v) is 3.38. The van der Waals surface area contributed by atoms with Crippen LogP contribution in [0.1, 0.15) is 70.1 Å². The molecule has 0 aliphatic heterocycles. The largest absolute Gasteiger partial charge is 0.462 e. The first-order valence-electron chi connectivity index (χ1n) is 9.92. The normalized spacial score (nSPS) is 14.1. The Labute approximate surface area is 169 Å². The van der Waals surface area contributed by atoms with Gasteiger partial charge in [0.05, 0.1) is 29.0 Å². The minimum absolute atomic E-state index is 0.171. The minimum Gasteiger partial charge on any atom is -0.462 e. The summed E-state index contributed by atoms with van der Waals surface area (Å²) < 4.78 is 5.02. The quantitative estimate of drug-likeness (QED) is 0.729. The number of rotatable bonds is 6. The lowest BCUT2D eigenvalue weighted by atomic mass is 9.95. The fraction of sp³-hybridized carbons (Fsp3) is 0.364. The summed E-state index contributed by atoms with van der Waals surface area (Å²) in [4.78, 5) is 41.3. The van der Waals surface area contributed by atoms with Gasteiger partial charge in [0, 0.05) is 18.4 Å². The van der Waals surface area contributed by atoms with Crippen molar-refractivity contribution >= 4 is 23.5 Å². The first-order chi connectivity index (χ1) is 14.1. The van der Waals surface area contributed by atoms with Crippen molar-refractivity contribution in [1.82, 2.24) is 10.3 Å². The molecular weight excluding hydrogens is 370 g/mol. The van der Waals surface area contributed by atoms with Crippen molar-refractivity contribution in [3.63, 3.8) is 0 Å². The summed E-state index contributed by atoms with van der Waals surface area (Å²) in [5, 5.41) is 5.72. The molecule has 1 aromatic heterocycles. The molecule has 2 amide bonds. The standard InChI is InChI=1S/C22H25N3O4/c1-2-29-22(28)18-10-6-7-11-19(18)25-21(27)16-12-15(13-23-14-16)20(26)24-17-8-4-3-5-9-17/h6-7,10-14,17H,2-5,8-9H2,1H3,(H,24,26)(H,25,27). The highest BCUT2D eigenvalue weighted by atomic mass is 16.5. The Bertz CT molecular complexity index is 891. The monoisotopic (exact) mass is 395 g/mol. The van der Waals surface area contributed by atoms with Crippen LogP contribution in [0.3, 0.4) is 0 Å². The second-order valence-electron chi connectivity index (χ2n) is 6.99. The van der Waals surface area contributed by atoms with Crippen LogP contribution in [-0.2, 0) is 4.74 Å². The van der Waals surface area contributed by atoms with Crippen molar-refractivity contribution < 1.29 is 19.1 Å². The van der Waals surface area contributed by atoms with E-state index in [1.165, 1.54) is 24.9 Å².